The summed E-state index contributed by atoms with van der Waals surface area (Å²) < 4.78 is 1.81. The number of aromatic nitrogens is 2. The second-order valence-electron chi connectivity index (χ2n) is 6.85. The molecule has 1 aromatic heterocycles. The number of amides is 1. The molecular formula is C19H24Cl2N4O. The molecule has 1 amide bonds. The van der Waals surface area contributed by atoms with Crippen molar-refractivity contribution in [1.82, 2.24) is 20.4 Å². The summed E-state index contributed by atoms with van der Waals surface area (Å²) in [5.41, 5.74) is 3.58. The van der Waals surface area contributed by atoms with Gasteiger partial charge in [-0.05, 0) is 63.9 Å². The first-order valence-electron chi connectivity index (χ1n) is 8.93. The minimum Gasteiger partial charge on any atom is -0.355 e. The van der Waals surface area contributed by atoms with Crippen LogP contribution in [0.4, 0.5) is 0 Å². The van der Waals surface area contributed by atoms with E-state index < -0.39 is 0 Å². The molecular weight excluding hydrogens is 371 g/mol. The van der Waals surface area contributed by atoms with Gasteiger partial charge in [0.2, 0.25) is 5.91 Å². The minimum atomic E-state index is 0.0375. The minimum absolute atomic E-state index is 0.0375. The second kappa shape index (κ2) is 8.42. The topological polar surface area (TPSA) is 59.0 Å². The first-order valence-corrected chi connectivity index (χ1v) is 9.69. The van der Waals surface area contributed by atoms with E-state index in [1.54, 1.807) is 12.1 Å². The standard InChI is InChI=1S/C19H24Cl2N4O/c1-12-16(9-19(26)23-11-14-4-3-7-22-10-14)13(2)25(24-12)15-5-6-17(20)18(21)8-15/h5-6,8,14,22H,3-4,7,9-11H2,1-2H3,(H,23,26). The van der Waals surface area contributed by atoms with E-state index in [1.165, 1.54) is 12.8 Å². The Labute approximate surface area is 164 Å². The lowest BCUT2D eigenvalue weighted by Crippen LogP contribution is -2.38. The van der Waals surface area contributed by atoms with Crippen molar-refractivity contribution in [3.63, 3.8) is 0 Å². The van der Waals surface area contributed by atoms with Gasteiger partial charge >= 0.3 is 0 Å². The smallest absolute Gasteiger partial charge is 0.224 e. The molecule has 0 radical (unpaired) electrons. The molecule has 1 saturated heterocycles. The summed E-state index contributed by atoms with van der Waals surface area (Å²) in [5, 5.41) is 12.0. The van der Waals surface area contributed by atoms with Gasteiger partial charge in [-0.25, -0.2) is 4.68 Å². The van der Waals surface area contributed by atoms with E-state index in [4.69, 9.17) is 23.2 Å². The molecule has 3 rings (SSSR count). The molecule has 2 N–H and O–H groups in total. The number of benzene rings is 1. The molecule has 26 heavy (non-hydrogen) atoms. The van der Waals surface area contributed by atoms with E-state index in [1.807, 2.05) is 24.6 Å². The molecule has 1 aromatic carbocycles. The lowest BCUT2D eigenvalue weighted by Gasteiger charge is -2.22. The molecule has 1 atom stereocenters. The van der Waals surface area contributed by atoms with Crippen molar-refractivity contribution in [3.8, 4) is 5.69 Å². The fraction of sp³-hybridized carbons (Fsp3) is 0.474. The molecule has 2 heterocycles. The Kier molecular flexibility index (Phi) is 6.22. The summed E-state index contributed by atoms with van der Waals surface area (Å²) in [6.45, 7) is 6.68. The van der Waals surface area contributed by atoms with Crippen LogP contribution < -0.4 is 10.6 Å². The first-order chi connectivity index (χ1) is 12.5. The van der Waals surface area contributed by atoms with Crippen LogP contribution in [0.1, 0.15) is 29.8 Å². The maximum atomic E-state index is 12.4. The van der Waals surface area contributed by atoms with Crippen molar-refractivity contribution in [1.29, 1.82) is 0 Å². The van der Waals surface area contributed by atoms with Crippen LogP contribution >= 0.6 is 23.2 Å². The van der Waals surface area contributed by atoms with E-state index >= 15 is 0 Å². The van der Waals surface area contributed by atoms with Gasteiger partial charge in [0.05, 0.1) is 27.8 Å². The molecule has 5 nitrogen and oxygen atoms in total. The van der Waals surface area contributed by atoms with Crippen molar-refractivity contribution >= 4 is 29.1 Å². The SMILES string of the molecule is Cc1nn(-c2ccc(Cl)c(Cl)c2)c(C)c1CC(=O)NCC1CCCNC1. The highest BCUT2D eigenvalue weighted by molar-refractivity contribution is 6.42. The Balaban J connectivity index is 1.69. The van der Waals surface area contributed by atoms with Crippen molar-refractivity contribution in [2.45, 2.75) is 33.1 Å². The van der Waals surface area contributed by atoms with Gasteiger partial charge in [-0.1, -0.05) is 23.2 Å². The maximum Gasteiger partial charge on any atom is 0.224 e. The van der Waals surface area contributed by atoms with Crippen LogP contribution in [0.2, 0.25) is 10.0 Å². The summed E-state index contributed by atoms with van der Waals surface area (Å²) in [4.78, 5) is 12.4. The molecule has 2 aromatic rings. The van der Waals surface area contributed by atoms with Crippen molar-refractivity contribution in [3.05, 3.63) is 45.2 Å². The van der Waals surface area contributed by atoms with Gasteiger partial charge in [0, 0.05) is 17.8 Å². The summed E-state index contributed by atoms with van der Waals surface area (Å²) >= 11 is 12.1. The third-order valence-electron chi connectivity index (χ3n) is 4.91. The molecule has 1 unspecified atom stereocenters. The predicted octanol–water partition coefficient (Wildman–Crippen LogP) is 3.45. The zero-order valence-electron chi connectivity index (χ0n) is 15.1. The average molecular weight is 395 g/mol. The molecule has 0 aliphatic carbocycles. The first kappa shape index (κ1) is 19.2. The number of nitrogens with one attached hydrogen (secondary N) is 2. The van der Waals surface area contributed by atoms with Crippen LogP contribution in [0.15, 0.2) is 18.2 Å². The van der Waals surface area contributed by atoms with Gasteiger partial charge in [-0.15, -0.1) is 0 Å². The lowest BCUT2D eigenvalue weighted by molar-refractivity contribution is -0.120. The van der Waals surface area contributed by atoms with Gasteiger partial charge < -0.3 is 10.6 Å². The number of carbonyl (C=O) groups is 1. The zero-order chi connectivity index (χ0) is 18.7. The van der Waals surface area contributed by atoms with Crippen LogP contribution in [0.5, 0.6) is 0 Å². The van der Waals surface area contributed by atoms with Gasteiger partial charge in [0.1, 0.15) is 0 Å². The summed E-state index contributed by atoms with van der Waals surface area (Å²) in [7, 11) is 0. The number of rotatable bonds is 5. The van der Waals surface area contributed by atoms with Gasteiger partial charge in [-0.2, -0.15) is 5.10 Å². The number of hydrogen-bond donors (Lipinski definition) is 2. The highest BCUT2D eigenvalue weighted by atomic mass is 35.5. The second-order valence-corrected chi connectivity index (χ2v) is 7.67. The Hall–Kier alpha value is -1.56. The van der Waals surface area contributed by atoms with Crippen LogP contribution in [0.3, 0.4) is 0 Å². The highest BCUT2D eigenvalue weighted by Gasteiger charge is 2.18. The highest BCUT2D eigenvalue weighted by Crippen LogP contribution is 2.26. The number of halogens is 2. The van der Waals surface area contributed by atoms with Gasteiger partial charge in [-0.3, -0.25) is 4.79 Å². The largest absolute Gasteiger partial charge is 0.355 e. The summed E-state index contributed by atoms with van der Waals surface area (Å²) in [5.74, 6) is 0.560. The van der Waals surface area contributed by atoms with Crippen LogP contribution in [0.25, 0.3) is 5.69 Å². The monoisotopic (exact) mass is 394 g/mol. The maximum absolute atomic E-state index is 12.4. The molecule has 7 heteroatoms. The molecule has 0 spiro atoms. The van der Waals surface area contributed by atoms with E-state index in [2.05, 4.69) is 15.7 Å². The lowest BCUT2D eigenvalue weighted by atomic mass is 9.99. The molecule has 0 bridgehead atoms. The van der Waals surface area contributed by atoms with E-state index in [9.17, 15) is 4.79 Å². The summed E-state index contributed by atoms with van der Waals surface area (Å²) in [6.07, 6.45) is 2.68. The van der Waals surface area contributed by atoms with Crippen molar-refractivity contribution in [2.75, 3.05) is 19.6 Å². The number of carbonyl (C=O) groups excluding carboxylic acids is 1. The fourth-order valence-corrected chi connectivity index (χ4v) is 3.67. The fourth-order valence-electron chi connectivity index (χ4n) is 3.38. The Bertz CT molecular complexity index is 797. The quantitative estimate of drug-likeness (QED) is 0.815. The van der Waals surface area contributed by atoms with Crippen molar-refractivity contribution < 1.29 is 4.79 Å². The number of piperidine rings is 1. The third-order valence-corrected chi connectivity index (χ3v) is 5.65. The number of nitrogens with zero attached hydrogens (tertiary/aromatic N) is 2. The van der Waals surface area contributed by atoms with Crippen LogP contribution in [-0.4, -0.2) is 35.3 Å². The van der Waals surface area contributed by atoms with Crippen LogP contribution in [-0.2, 0) is 11.2 Å². The Morgan fingerprint density at radius 1 is 1.35 bits per heavy atom. The number of aryl methyl sites for hydroxylation is 1. The van der Waals surface area contributed by atoms with Crippen LogP contribution in [0, 0.1) is 19.8 Å². The molecule has 1 fully saturated rings. The number of hydrogen-bond acceptors (Lipinski definition) is 3. The third kappa shape index (κ3) is 4.40. The van der Waals surface area contributed by atoms with Gasteiger partial charge in [0.25, 0.3) is 0 Å². The zero-order valence-corrected chi connectivity index (χ0v) is 16.6. The van der Waals surface area contributed by atoms with E-state index in [0.717, 1.165) is 42.3 Å². The normalized spacial score (nSPS) is 17.3. The molecule has 140 valence electrons. The van der Waals surface area contributed by atoms with E-state index in [-0.39, 0.29) is 5.91 Å². The van der Waals surface area contributed by atoms with Crippen molar-refractivity contribution in [2.24, 2.45) is 5.92 Å². The Morgan fingerprint density at radius 2 is 2.15 bits per heavy atom. The molecule has 0 saturated carbocycles. The Morgan fingerprint density at radius 3 is 2.85 bits per heavy atom. The predicted molar refractivity (Wildman–Crippen MR) is 105 cm³/mol. The molecule has 1 aliphatic rings. The van der Waals surface area contributed by atoms with E-state index in [0.29, 0.717) is 22.4 Å². The van der Waals surface area contributed by atoms with Gasteiger partial charge in [0.15, 0.2) is 0 Å². The molecule has 1 aliphatic heterocycles. The summed E-state index contributed by atoms with van der Waals surface area (Å²) in [6, 6.07) is 5.40. The average Bonchev–Trinajstić information content (AvgIpc) is 2.91.